The van der Waals surface area contributed by atoms with Gasteiger partial charge in [-0.1, -0.05) is 17.7 Å². The number of halogens is 2. The third kappa shape index (κ3) is 6.65. The predicted octanol–water partition coefficient (Wildman–Crippen LogP) is 3.24. The first-order chi connectivity index (χ1) is 12.8. The van der Waals surface area contributed by atoms with Gasteiger partial charge in [0.25, 0.3) is 0 Å². The SMILES string of the molecule is CC(O)(CCN(C=O)c1cccc(C#N)c1)CNCc1cc(F)cc(Cl)c1. The van der Waals surface area contributed by atoms with E-state index in [2.05, 4.69) is 5.32 Å². The van der Waals surface area contributed by atoms with Gasteiger partial charge in [-0.15, -0.1) is 0 Å². The molecule has 1 unspecified atom stereocenters. The zero-order chi connectivity index (χ0) is 19.9. The Labute approximate surface area is 163 Å². The Kier molecular flexibility index (Phi) is 7.31. The van der Waals surface area contributed by atoms with Crippen LogP contribution in [0.3, 0.4) is 0 Å². The van der Waals surface area contributed by atoms with Gasteiger partial charge in [0.1, 0.15) is 5.82 Å². The molecule has 2 aromatic rings. The van der Waals surface area contributed by atoms with Gasteiger partial charge in [0.2, 0.25) is 6.41 Å². The second-order valence-corrected chi connectivity index (χ2v) is 7.03. The van der Waals surface area contributed by atoms with Crippen LogP contribution >= 0.6 is 11.6 Å². The quantitative estimate of drug-likeness (QED) is 0.645. The highest BCUT2D eigenvalue weighted by Gasteiger charge is 2.21. The number of amides is 1. The van der Waals surface area contributed by atoms with E-state index in [-0.39, 0.29) is 6.54 Å². The second-order valence-electron chi connectivity index (χ2n) is 6.59. The van der Waals surface area contributed by atoms with E-state index in [0.717, 1.165) is 0 Å². The number of nitrogens with zero attached hydrogens (tertiary/aromatic N) is 2. The molecule has 0 fully saturated rings. The van der Waals surface area contributed by atoms with Crippen molar-refractivity contribution in [2.75, 3.05) is 18.0 Å². The zero-order valence-corrected chi connectivity index (χ0v) is 15.7. The van der Waals surface area contributed by atoms with Crippen LogP contribution in [0.25, 0.3) is 0 Å². The van der Waals surface area contributed by atoms with Gasteiger partial charge in [-0.05, 0) is 55.3 Å². The van der Waals surface area contributed by atoms with Crippen LogP contribution < -0.4 is 10.2 Å². The summed E-state index contributed by atoms with van der Waals surface area (Å²) in [7, 11) is 0. The summed E-state index contributed by atoms with van der Waals surface area (Å²) in [5.41, 5.74) is 0.660. The zero-order valence-electron chi connectivity index (χ0n) is 15.0. The summed E-state index contributed by atoms with van der Waals surface area (Å²) in [5, 5.41) is 22.9. The van der Waals surface area contributed by atoms with Crippen molar-refractivity contribution in [3.05, 3.63) is 64.4 Å². The molecule has 0 aliphatic heterocycles. The molecule has 0 saturated carbocycles. The van der Waals surface area contributed by atoms with Crippen molar-refractivity contribution in [1.29, 1.82) is 5.26 Å². The van der Waals surface area contributed by atoms with Gasteiger partial charge < -0.3 is 15.3 Å². The Morgan fingerprint density at radius 2 is 2.15 bits per heavy atom. The van der Waals surface area contributed by atoms with E-state index in [1.807, 2.05) is 6.07 Å². The smallest absolute Gasteiger partial charge is 0.214 e. The molecule has 2 rings (SSSR count). The normalized spacial score (nSPS) is 12.9. The van der Waals surface area contributed by atoms with Gasteiger partial charge in [-0.2, -0.15) is 5.26 Å². The van der Waals surface area contributed by atoms with Crippen LogP contribution in [0, 0.1) is 17.1 Å². The van der Waals surface area contributed by atoms with E-state index < -0.39 is 11.4 Å². The predicted molar refractivity (Wildman–Crippen MR) is 103 cm³/mol. The minimum Gasteiger partial charge on any atom is -0.389 e. The summed E-state index contributed by atoms with van der Waals surface area (Å²) in [5.74, 6) is -0.410. The number of nitriles is 1. The van der Waals surface area contributed by atoms with Crippen LogP contribution in [0.15, 0.2) is 42.5 Å². The topological polar surface area (TPSA) is 76.4 Å². The van der Waals surface area contributed by atoms with Crippen molar-refractivity contribution in [2.24, 2.45) is 0 Å². The van der Waals surface area contributed by atoms with E-state index in [9.17, 15) is 14.3 Å². The molecule has 5 nitrogen and oxygen atoms in total. The molecule has 0 spiro atoms. The van der Waals surface area contributed by atoms with Gasteiger partial charge in [0.15, 0.2) is 0 Å². The van der Waals surface area contributed by atoms with Gasteiger partial charge in [0.05, 0.1) is 17.2 Å². The van der Waals surface area contributed by atoms with E-state index in [0.29, 0.717) is 47.8 Å². The number of rotatable bonds is 9. The van der Waals surface area contributed by atoms with Crippen LogP contribution in [0.4, 0.5) is 10.1 Å². The molecule has 0 aliphatic rings. The molecule has 0 aliphatic carbocycles. The molecule has 0 aromatic heterocycles. The first-order valence-electron chi connectivity index (χ1n) is 8.43. The molecule has 0 saturated heterocycles. The standard InChI is InChI=1S/C20H21ClFN3O2/c1-20(27,13-24-12-16-7-17(21)10-18(22)8-16)5-6-25(14-26)19-4-2-3-15(9-19)11-23/h2-4,7-10,14,24,27H,5-6,12-13H2,1H3. The highest BCUT2D eigenvalue weighted by Crippen LogP contribution is 2.18. The van der Waals surface area contributed by atoms with Crippen LogP contribution in [0.1, 0.15) is 24.5 Å². The van der Waals surface area contributed by atoms with Crippen LogP contribution in [-0.4, -0.2) is 30.2 Å². The molecule has 0 heterocycles. The lowest BCUT2D eigenvalue weighted by Crippen LogP contribution is -2.40. The van der Waals surface area contributed by atoms with Crippen LogP contribution in [0.5, 0.6) is 0 Å². The maximum absolute atomic E-state index is 13.3. The summed E-state index contributed by atoms with van der Waals surface area (Å²) < 4.78 is 13.3. The Balaban J connectivity index is 1.88. The molecular weight excluding hydrogens is 369 g/mol. The minimum atomic E-state index is -1.08. The maximum atomic E-state index is 13.3. The Morgan fingerprint density at radius 3 is 2.81 bits per heavy atom. The highest BCUT2D eigenvalue weighted by atomic mass is 35.5. The average Bonchev–Trinajstić information content (AvgIpc) is 2.61. The number of nitrogens with one attached hydrogen (secondary N) is 1. The summed E-state index contributed by atoms with van der Waals surface area (Å²) in [6.45, 7) is 2.56. The fourth-order valence-electron chi connectivity index (χ4n) is 2.64. The number of anilines is 1. The molecule has 27 heavy (non-hydrogen) atoms. The largest absolute Gasteiger partial charge is 0.389 e. The Bertz CT molecular complexity index is 816. The van der Waals surface area contributed by atoms with Gasteiger partial charge in [-0.3, -0.25) is 4.79 Å². The maximum Gasteiger partial charge on any atom is 0.214 e. The number of benzene rings is 2. The molecule has 7 heteroatoms. The van der Waals surface area contributed by atoms with Crippen molar-refractivity contribution in [1.82, 2.24) is 5.32 Å². The first-order valence-corrected chi connectivity index (χ1v) is 8.81. The second kappa shape index (κ2) is 9.47. The van der Waals surface area contributed by atoms with Crippen molar-refractivity contribution in [3.63, 3.8) is 0 Å². The number of aliphatic hydroxyl groups is 1. The van der Waals surface area contributed by atoms with Crippen molar-refractivity contribution in [3.8, 4) is 6.07 Å². The third-order valence-corrected chi connectivity index (χ3v) is 4.30. The minimum absolute atomic E-state index is 0.256. The molecule has 1 amide bonds. The summed E-state index contributed by atoms with van der Waals surface area (Å²) in [6.07, 6.45) is 0.994. The first kappa shape index (κ1) is 20.8. The van der Waals surface area contributed by atoms with Gasteiger partial charge in [-0.25, -0.2) is 4.39 Å². The number of carbonyl (C=O) groups excluding carboxylic acids is 1. The monoisotopic (exact) mass is 389 g/mol. The highest BCUT2D eigenvalue weighted by molar-refractivity contribution is 6.30. The molecule has 2 N–H and O–H groups in total. The van der Waals surface area contributed by atoms with E-state index in [1.54, 1.807) is 37.3 Å². The lowest BCUT2D eigenvalue weighted by atomic mass is 10.0. The summed E-state index contributed by atoms with van der Waals surface area (Å²) >= 11 is 5.82. The number of hydrogen-bond acceptors (Lipinski definition) is 4. The third-order valence-electron chi connectivity index (χ3n) is 4.08. The fraction of sp³-hybridized carbons (Fsp3) is 0.300. The molecular formula is C20H21ClFN3O2. The van der Waals surface area contributed by atoms with Gasteiger partial charge in [0, 0.05) is 30.3 Å². The van der Waals surface area contributed by atoms with Gasteiger partial charge >= 0.3 is 0 Å². The van der Waals surface area contributed by atoms with Crippen molar-refractivity contribution >= 4 is 23.7 Å². The lowest BCUT2D eigenvalue weighted by Gasteiger charge is -2.27. The van der Waals surface area contributed by atoms with E-state index in [1.165, 1.54) is 17.0 Å². The lowest BCUT2D eigenvalue weighted by molar-refractivity contribution is -0.107. The average molecular weight is 390 g/mol. The molecule has 2 aromatic carbocycles. The Hall–Kier alpha value is -2.46. The number of carbonyl (C=O) groups is 1. The summed E-state index contributed by atoms with van der Waals surface area (Å²) in [6, 6.07) is 13.0. The van der Waals surface area contributed by atoms with E-state index in [4.69, 9.17) is 16.9 Å². The summed E-state index contributed by atoms with van der Waals surface area (Å²) in [4.78, 5) is 12.8. The fourth-order valence-corrected chi connectivity index (χ4v) is 2.88. The number of hydrogen-bond donors (Lipinski definition) is 2. The van der Waals surface area contributed by atoms with Crippen LogP contribution in [0.2, 0.25) is 5.02 Å². The Morgan fingerprint density at radius 1 is 1.37 bits per heavy atom. The van der Waals surface area contributed by atoms with Crippen molar-refractivity contribution < 1.29 is 14.3 Å². The molecule has 1 atom stereocenters. The molecule has 0 radical (unpaired) electrons. The molecule has 0 bridgehead atoms. The molecule has 142 valence electrons. The van der Waals surface area contributed by atoms with E-state index >= 15 is 0 Å². The van der Waals surface area contributed by atoms with Crippen LogP contribution in [-0.2, 0) is 11.3 Å². The van der Waals surface area contributed by atoms with Crippen molar-refractivity contribution in [2.45, 2.75) is 25.5 Å².